The fourth-order valence-corrected chi connectivity index (χ4v) is 3.30. The van der Waals surface area contributed by atoms with E-state index in [0.29, 0.717) is 6.04 Å². The molecule has 21 heavy (non-hydrogen) atoms. The number of nitrogens with zero attached hydrogens (tertiary/aromatic N) is 3. The van der Waals surface area contributed by atoms with Crippen molar-refractivity contribution in [2.75, 3.05) is 6.54 Å². The van der Waals surface area contributed by atoms with Crippen LogP contribution in [0.3, 0.4) is 0 Å². The smallest absolute Gasteiger partial charge is 0.0539 e. The Kier molecular flexibility index (Phi) is 4.44. The predicted octanol–water partition coefficient (Wildman–Crippen LogP) is 3.04. The van der Waals surface area contributed by atoms with Crippen molar-refractivity contribution in [1.29, 1.82) is 0 Å². The molecule has 3 rings (SSSR count). The molecular weight excluding hydrogens is 260 g/mol. The fraction of sp³-hybridized carbons (Fsp3) is 0.588. The minimum Gasteiger partial charge on any atom is -0.349 e. The highest BCUT2D eigenvalue weighted by molar-refractivity contribution is 5.30. The van der Waals surface area contributed by atoms with Crippen LogP contribution >= 0.6 is 0 Å². The first-order valence-electron chi connectivity index (χ1n) is 8.15. The van der Waals surface area contributed by atoms with Crippen molar-refractivity contribution in [2.45, 2.75) is 51.6 Å². The SMILES string of the molecule is CCCNC1CCCCc2cn(Cc3cnn(C)c3)cc21. The first-order chi connectivity index (χ1) is 10.3. The minimum absolute atomic E-state index is 0.539. The van der Waals surface area contributed by atoms with E-state index in [2.05, 4.69) is 40.5 Å². The summed E-state index contributed by atoms with van der Waals surface area (Å²) in [5, 5.41) is 7.98. The Morgan fingerprint density at radius 2 is 2.19 bits per heavy atom. The second-order valence-corrected chi connectivity index (χ2v) is 6.19. The number of rotatable bonds is 5. The zero-order valence-corrected chi connectivity index (χ0v) is 13.2. The molecule has 1 aliphatic rings. The van der Waals surface area contributed by atoms with Crippen LogP contribution < -0.4 is 5.32 Å². The van der Waals surface area contributed by atoms with Gasteiger partial charge in [-0.25, -0.2) is 0 Å². The van der Waals surface area contributed by atoms with E-state index in [9.17, 15) is 0 Å². The Hall–Kier alpha value is -1.55. The van der Waals surface area contributed by atoms with Crippen molar-refractivity contribution in [3.8, 4) is 0 Å². The van der Waals surface area contributed by atoms with E-state index in [0.717, 1.165) is 13.1 Å². The van der Waals surface area contributed by atoms with Crippen LogP contribution in [0.1, 0.15) is 55.3 Å². The first kappa shape index (κ1) is 14.4. The highest BCUT2D eigenvalue weighted by Gasteiger charge is 2.20. The third-order valence-electron chi connectivity index (χ3n) is 4.33. The molecule has 0 aromatic carbocycles. The predicted molar refractivity (Wildman–Crippen MR) is 85.3 cm³/mol. The molecule has 1 N–H and O–H groups in total. The lowest BCUT2D eigenvalue weighted by Crippen LogP contribution is -2.21. The maximum atomic E-state index is 4.26. The van der Waals surface area contributed by atoms with E-state index in [1.807, 2.05) is 17.9 Å². The molecule has 114 valence electrons. The molecule has 1 atom stereocenters. The van der Waals surface area contributed by atoms with Crippen molar-refractivity contribution < 1.29 is 0 Å². The maximum Gasteiger partial charge on any atom is 0.0539 e. The molecule has 0 aliphatic heterocycles. The molecule has 0 fully saturated rings. The van der Waals surface area contributed by atoms with Crippen LogP contribution in [-0.2, 0) is 20.0 Å². The van der Waals surface area contributed by atoms with Crippen LogP contribution in [0, 0.1) is 0 Å². The summed E-state index contributed by atoms with van der Waals surface area (Å²) in [6, 6.07) is 0.539. The van der Waals surface area contributed by atoms with Gasteiger partial charge in [0.1, 0.15) is 0 Å². The normalized spacial score (nSPS) is 18.5. The monoisotopic (exact) mass is 286 g/mol. The summed E-state index contributed by atoms with van der Waals surface area (Å²) in [5.41, 5.74) is 4.32. The molecule has 0 saturated heterocycles. The molecule has 0 spiro atoms. The Labute approximate surface area is 127 Å². The van der Waals surface area contributed by atoms with Gasteiger partial charge in [0.25, 0.3) is 0 Å². The fourth-order valence-electron chi connectivity index (χ4n) is 3.30. The van der Waals surface area contributed by atoms with Gasteiger partial charge < -0.3 is 9.88 Å². The van der Waals surface area contributed by atoms with Crippen LogP contribution in [-0.4, -0.2) is 20.9 Å². The maximum absolute atomic E-state index is 4.26. The van der Waals surface area contributed by atoms with Gasteiger partial charge >= 0.3 is 0 Å². The Balaban J connectivity index is 1.79. The average molecular weight is 286 g/mol. The molecule has 4 heteroatoms. The van der Waals surface area contributed by atoms with E-state index in [1.165, 1.54) is 48.8 Å². The van der Waals surface area contributed by atoms with Gasteiger partial charge in [0, 0.05) is 37.2 Å². The van der Waals surface area contributed by atoms with E-state index in [-0.39, 0.29) is 0 Å². The highest BCUT2D eigenvalue weighted by atomic mass is 15.2. The molecule has 4 nitrogen and oxygen atoms in total. The largest absolute Gasteiger partial charge is 0.349 e. The van der Waals surface area contributed by atoms with Crippen molar-refractivity contribution in [2.24, 2.45) is 7.05 Å². The third kappa shape index (κ3) is 3.38. The van der Waals surface area contributed by atoms with Crippen molar-refractivity contribution >= 4 is 0 Å². The van der Waals surface area contributed by atoms with Gasteiger partial charge in [-0.15, -0.1) is 0 Å². The Morgan fingerprint density at radius 1 is 1.29 bits per heavy atom. The molecule has 0 bridgehead atoms. The molecule has 2 aromatic rings. The second kappa shape index (κ2) is 6.48. The third-order valence-corrected chi connectivity index (χ3v) is 4.33. The average Bonchev–Trinajstić information content (AvgIpc) is 3.00. The van der Waals surface area contributed by atoms with Gasteiger partial charge in [0.15, 0.2) is 0 Å². The summed E-state index contributed by atoms with van der Waals surface area (Å²) in [7, 11) is 1.97. The minimum atomic E-state index is 0.539. The zero-order chi connectivity index (χ0) is 14.7. The molecular formula is C17H26N4. The van der Waals surface area contributed by atoms with E-state index in [1.54, 1.807) is 0 Å². The van der Waals surface area contributed by atoms with Crippen LogP contribution in [0.15, 0.2) is 24.8 Å². The zero-order valence-electron chi connectivity index (χ0n) is 13.2. The molecule has 1 unspecified atom stereocenters. The summed E-state index contributed by atoms with van der Waals surface area (Å²) in [5.74, 6) is 0. The van der Waals surface area contributed by atoms with Gasteiger partial charge in [-0.1, -0.05) is 13.3 Å². The topological polar surface area (TPSA) is 34.8 Å². The summed E-state index contributed by atoms with van der Waals surface area (Å²) in [4.78, 5) is 0. The van der Waals surface area contributed by atoms with E-state index < -0.39 is 0 Å². The summed E-state index contributed by atoms with van der Waals surface area (Å²) in [6.07, 6.45) is 15.1. The highest BCUT2D eigenvalue weighted by Crippen LogP contribution is 2.29. The molecule has 0 saturated carbocycles. The molecule has 0 amide bonds. The van der Waals surface area contributed by atoms with Crippen LogP contribution in [0.4, 0.5) is 0 Å². The van der Waals surface area contributed by atoms with Crippen molar-refractivity contribution in [1.82, 2.24) is 19.7 Å². The lowest BCUT2D eigenvalue weighted by Gasteiger charge is -2.16. The number of fused-ring (bicyclic) bond motifs is 1. The van der Waals surface area contributed by atoms with Crippen LogP contribution in [0.2, 0.25) is 0 Å². The summed E-state index contributed by atoms with van der Waals surface area (Å²) < 4.78 is 4.20. The van der Waals surface area contributed by atoms with Gasteiger partial charge in [0.05, 0.1) is 12.7 Å². The number of hydrogen-bond acceptors (Lipinski definition) is 2. The van der Waals surface area contributed by atoms with Crippen molar-refractivity contribution in [3.05, 3.63) is 41.5 Å². The van der Waals surface area contributed by atoms with Gasteiger partial charge in [-0.05, 0) is 43.4 Å². The summed E-state index contributed by atoms with van der Waals surface area (Å²) >= 11 is 0. The molecule has 2 heterocycles. The van der Waals surface area contributed by atoms with Crippen molar-refractivity contribution in [3.63, 3.8) is 0 Å². The van der Waals surface area contributed by atoms with E-state index in [4.69, 9.17) is 0 Å². The quantitative estimate of drug-likeness (QED) is 0.857. The second-order valence-electron chi connectivity index (χ2n) is 6.19. The van der Waals surface area contributed by atoms with E-state index >= 15 is 0 Å². The number of aromatic nitrogens is 3. The Morgan fingerprint density at radius 3 is 2.95 bits per heavy atom. The number of aryl methyl sites for hydroxylation is 2. The summed E-state index contributed by atoms with van der Waals surface area (Å²) in [6.45, 7) is 4.26. The van der Waals surface area contributed by atoms with Gasteiger partial charge in [-0.3, -0.25) is 4.68 Å². The lowest BCUT2D eigenvalue weighted by atomic mass is 10.0. The first-order valence-corrected chi connectivity index (χ1v) is 8.15. The molecule has 0 radical (unpaired) electrons. The molecule has 1 aliphatic carbocycles. The standard InChI is InChI=1S/C17H26N4/c1-3-8-18-17-7-5-4-6-15-12-21(13-16(15)17)11-14-9-19-20(2)10-14/h9-10,12-13,17-18H,3-8,11H2,1-2H3. The van der Waals surface area contributed by atoms with Crippen LogP contribution in [0.25, 0.3) is 0 Å². The Bertz CT molecular complexity index is 581. The molecule has 2 aromatic heterocycles. The van der Waals surface area contributed by atoms with Crippen LogP contribution in [0.5, 0.6) is 0 Å². The van der Waals surface area contributed by atoms with Gasteiger partial charge in [0.2, 0.25) is 0 Å². The number of nitrogens with one attached hydrogen (secondary N) is 1. The number of hydrogen-bond donors (Lipinski definition) is 1. The van der Waals surface area contributed by atoms with Gasteiger partial charge in [-0.2, -0.15) is 5.10 Å². The lowest BCUT2D eigenvalue weighted by molar-refractivity contribution is 0.488.